The van der Waals surface area contributed by atoms with Gasteiger partial charge >= 0.3 is 10.2 Å². The second kappa shape index (κ2) is 7.67. The molecule has 0 bridgehead atoms. The molecule has 0 saturated carbocycles. The van der Waals surface area contributed by atoms with Crippen molar-refractivity contribution in [2.24, 2.45) is 0 Å². The van der Waals surface area contributed by atoms with E-state index in [1.54, 1.807) is 30.3 Å². The van der Waals surface area contributed by atoms with Gasteiger partial charge in [0.15, 0.2) is 0 Å². The number of nitrogens with zero attached hydrogens (tertiary/aromatic N) is 2. The maximum absolute atomic E-state index is 12.6. The van der Waals surface area contributed by atoms with Crippen LogP contribution in [-0.4, -0.2) is 39.3 Å². The second-order valence-electron chi connectivity index (χ2n) is 6.00. The fourth-order valence-corrected chi connectivity index (χ4v) is 3.35. The highest BCUT2D eigenvalue weighted by molar-refractivity contribution is 7.90. The van der Waals surface area contributed by atoms with Crippen LogP contribution in [0.2, 0.25) is 0 Å². The third kappa shape index (κ3) is 4.58. The quantitative estimate of drug-likeness (QED) is 0.860. The van der Waals surface area contributed by atoms with Gasteiger partial charge in [0, 0.05) is 19.8 Å². The van der Waals surface area contributed by atoms with E-state index in [9.17, 15) is 13.2 Å². The molecule has 0 aromatic heterocycles. The summed E-state index contributed by atoms with van der Waals surface area (Å²) in [6, 6.07) is 14.3. The summed E-state index contributed by atoms with van der Waals surface area (Å²) in [4.78, 5) is 12.5. The van der Waals surface area contributed by atoms with E-state index in [2.05, 4.69) is 5.32 Å². The molecule has 0 atom stereocenters. The summed E-state index contributed by atoms with van der Waals surface area (Å²) in [5, 5.41) is 2.80. The molecule has 0 aliphatic rings. The first-order valence-corrected chi connectivity index (χ1v) is 9.24. The van der Waals surface area contributed by atoms with E-state index in [-0.39, 0.29) is 6.54 Å². The molecule has 1 N–H and O–H groups in total. The number of nitrogens with one attached hydrogen (secondary N) is 1. The van der Waals surface area contributed by atoms with E-state index in [4.69, 9.17) is 0 Å². The predicted molar refractivity (Wildman–Crippen MR) is 101 cm³/mol. The molecule has 0 saturated heterocycles. The van der Waals surface area contributed by atoms with Gasteiger partial charge in [0.25, 0.3) is 0 Å². The summed E-state index contributed by atoms with van der Waals surface area (Å²) < 4.78 is 27.4. The highest BCUT2D eigenvalue weighted by Crippen LogP contribution is 2.20. The minimum atomic E-state index is -3.79. The summed E-state index contributed by atoms with van der Waals surface area (Å²) in [5.41, 5.74) is 3.05. The molecule has 0 unspecified atom stereocenters. The molecule has 2 rings (SSSR count). The van der Waals surface area contributed by atoms with Crippen molar-refractivity contribution >= 4 is 27.5 Å². The third-order valence-electron chi connectivity index (χ3n) is 3.74. The molecule has 0 aliphatic carbocycles. The molecule has 134 valence electrons. The zero-order chi connectivity index (χ0) is 18.6. The number of amides is 1. The van der Waals surface area contributed by atoms with Crippen molar-refractivity contribution in [1.82, 2.24) is 4.31 Å². The van der Waals surface area contributed by atoms with Gasteiger partial charge in [0.1, 0.15) is 6.54 Å². The largest absolute Gasteiger partial charge is 0.324 e. The Morgan fingerprint density at radius 3 is 2.28 bits per heavy atom. The number of benzene rings is 2. The second-order valence-corrected chi connectivity index (χ2v) is 8.07. The number of aryl methyl sites for hydroxylation is 2. The van der Waals surface area contributed by atoms with E-state index in [0.29, 0.717) is 11.4 Å². The minimum absolute atomic E-state index is 0.308. The lowest BCUT2D eigenvalue weighted by Gasteiger charge is -2.27. The van der Waals surface area contributed by atoms with Crippen LogP contribution in [-0.2, 0) is 15.0 Å². The van der Waals surface area contributed by atoms with Crippen LogP contribution in [0.15, 0.2) is 48.5 Å². The molecule has 6 nitrogen and oxygen atoms in total. The molecule has 2 aromatic carbocycles. The van der Waals surface area contributed by atoms with E-state index in [0.717, 1.165) is 19.7 Å². The van der Waals surface area contributed by atoms with E-state index < -0.39 is 16.1 Å². The monoisotopic (exact) mass is 361 g/mol. The summed E-state index contributed by atoms with van der Waals surface area (Å²) in [6.07, 6.45) is 0. The van der Waals surface area contributed by atoms with Crippen molar-refractivity contribution in [3.8, 4) is 0 Å². The summed E-state index contributed by atoms with van der Waals surface area (Å²) >= 11 is 0. The van der Waals surface area contributed by atoms with Gasteiger partial charge in [0.2, 0.25) is 5.91 Å². The van der Waals surface area contributed by atoms with Gasteiger partial charge in [-0.15, -0.1) is 0 Å². The van der Waals surface area contributed by atoms with Gasteiger partial charge in [0.05, 0.1) is 5.69 Å². The standard InChI is InChI=1S/C18H23N3O3S/c1-14-10-11-15(2)17(12-14)19-18(22)13-21(25(23,24)20(3)4)16-8-6-5-7-9-16/h5-12H,13H2,1-4H3,(H,19,22). The molecule has 0 spiro atoms. The molecule has 0 radical (unpaired) electrons. The van der Waals surface area contributed by atoms with Crippen LogP contribution in [0.4, 0.5) is 11.4 Å². The summed E-state index contributed by atoms with van der Waals surface area (Å²) in [5.74, 6) is -0.400. The highest BCUT2D eigenvalue weighted by atomic mass is 32.2. The van der Waals surface area contributed by atoms with E-state index in [1.807, 2.05) is 32.0 Å². The maximum Gasteiger partial charge on any atom is 0.304 e. The van der Waals surface area contributed by atoms with Gasteiger partial charge in [-0.25, -0.2) is 4.31 Å². The van der Waals surface area contributed by atoms with Crippen molar-refractivity contribution in [1.29, 1.82) is 0 Å². The number of para-hydroxylation sites is 1. The first-order chi connectivity index (χ1) is 11.7. The van der Waals surface area contributed by atoms with E-state index in [1.165, 1.54) is 14.1 Å². The molecule has 7 heteroatoms. The Kier molecular flexibility index (Phi) is 5.81. The number of carbonyl (C=O) groups is 1. The smallest absolute Gasteiger partial charge is 0.304 e. The lowest BCUT2D eigenvalue weighted by Crippen LogP contribution is -2.44. The number of hydrogen-bond donors (Lipinski definition) is 1. The van der Waals surface area contributed by atoms with Crippen LogP contribution in [0, 0.1) is 13.8 Å². The zero-order valence-corrected chi connectivity index (χ0v) is 15.7. The number of rotatable bonds is 6. The normalized spacial score (nSPS) is 11.4. The maximum atomic E-state index is 12.6. The molecular weight excluding hydrogens is 338 g/mol. The molecular formula is C18H23N3O3S. The third-order valence-corrected chi connectivity index (χ3v) is 5.56. The first-order valence-electron chi connectivity index (χ1n) is 7.84. The fourth-order valence-electron chi connectivity index (χ4n) is 2.29. The van der Waals surface area contributed by atoms with Crippen molar-refractivity contribution in [2.75, 3.05) is 30.3 Å². The summed E-state index contributed by atoms with van der Waals surface area (Å²) in [6.45, 7) is 3.51. The lowest BCUT2D eigenvalue weighted by molar-refractivity contribution is -0.114. The Hall–Kier alpha value is -2.38. The van der Waals surface area contributed by atoms with Gasteiger partial charge in [-0.2, -0.15) is 12.7 Å². The average Bonchev–Trinajstić information content (AvgIpc) is 2.56. The van der Waals surface area contributed by atoms with Crippen molar-refractivity contribution in [3.63, 3.8) is 0 Å². The Labute approximate surface area is 149 Å². The van der Waals surface area contributed by atoms with Gasteiger partial charge < -0.3 is 5.32 Å². The van der Waals surface area contributed by atoms with Gasteiger partial charge in [-0.3, -0.25) is 4.79 Å². The molecule has 0 fully saturated rings. The Morgan fingerprint density at radius 2 is 1.68 bits per heavy atom. The van der Waals surface area contributed by atoms with Crippen LogP contribution >= 0.6 is 0 Å². The number of carbonyl (C=O) groups excluding carboxylic acids is 1. The molecule has 0 aliphatic heterocycles. The van der Waals surface area contributed by atoms with Crippen LogP contribution in [0.25, 0.3) is 0 Å². The van der Waals surface area contributed by atoms with Crippen LogP contribution < -0.4 is 9.62 Å². The number of anilines is 2. The first kappa shape index (κ1) is 19.0. The van der Waals surface area contributed by atoms with Crippen LogP contribution in [0.1, 0.15) is 11.1 Å². The van der Waals surface area contributed by atoms with Gasteiger partial charge in [-0.05, 0) is 43.2 Å². The molecule has 25 heavy (non-hydrogen) atoms. The Morgan fingerprint density at radius 1 is 1.04 bits per heavy atom. The van der Waals surface area contributed by atoms with Crippen molar-refractivity contribution in [3.05, 3.63) is 59.7 Å². The Bertz CT molecular complexity index is 849. The van der Waals surface area contributed by atoms with Crippen molar-refractivity contribution < 1.29 is 13.2 Å². The Balaban J connectivity index is 2.28. The van der Waals surface area contributed by atoms with E-state index >= 15 is 0 Å². The minimum Gasteiger partial charge on any atom is -0.324 e. The zero-order valence-electron chi connectivity index (χ0n) is 14.9. The van der Waals surface area contributed by atoms with Gasteiger partial charge in [-0.1, -0.05) is 30.3 Å². The predicted octanol–water partition coefficient (Wildman–Crippen LogP) is 2.55. The highest BCUT2D eigenvalue weighted by Gasteiger charge is 2.27. The molecule has 0 heterocycles. The van der Waals surface area contributed by atoms with Crippen LogP contribution in [0.3, 0.4) is 0 Å². The van der Waals surface area contributed by atoms with Crippen LogP contribution in [0.5, 0.6) is 0 Å². The fraction of sp³-hybridized carbons (Fsp3) is 0.278. The molecule has 2 aromatic rings. The SMILES string of the molecule is Cc1ccc(C)c(NC(=O)CN(c2ccccc2)S(=O)(=O)N(C)C)c1. The van der Waals surface area contributed by atoms with Crippen molar-refractivity contribution in [2.45, 2.75) is 13.8 Å². The lowest BCUT2D eigenvalue weighted by atomic mass is 10.1. The average molecular weight is 361 g/mol. The summed E-state index contributed by atoms with van der Waals surface area (Å²) in [7, 11) is -0.915. The molecule has 1 amide bonds. The number of hydrogen-bond acceptors (Lipinski definition) is 3. The topological polar surface area (TPSA) is 69.7 Å².